The lowest BCUT2D eigenvalue weighted by Gasteiger charge is -2.30. The van der Waals surface area contributed by atoms with Crippen molar-refractivity contribution in [2.75, 3.05) is 44.4 Å². The van der Waals surface area contributed by atoms with E-state index < -0.39 is 84.6 Å². The topological polar surface area (TPSA) is 384 Å². The molecule has 11 N–H and O–H groups in total. The highest BCUT2D eigenvalue weighted by molar-refractivity contribution is 8.93. The van der Waals surface area contributed by atoms with Crippen molar-refractivity contribution in [3.63, 3.8) is 0 Å². The highest BCUT2D eigenvalue weighted by atomic mass is 79.9. The average molecular weight is 1080 g/mol. The van der Waals surface area contributed by atoms with Gasteiger partial charge in [-0.1, -0.05) is 25.6 Å². The van der Waals surface area contributed by atoms with Gasteiger partial charge < -0.3 is 56.0 Å². The van der Waals surface area contributed by atoms with Crippen LogP contribution in [0.4, 0.5) is 5.82 Å². The molecule has 32 heteroatoms. The normalized spacial score (nSPS) is 21.0. The quantitative estimate of drug-likeness (QED) is 0.0571. The standard InChI is InChI=1S/C24H40N7O18P3S.3BrH/c1-24(2,19(36)22(37)27-5-3-14(33)26-6-8-53-15(34)4-7-32)10-46-52(43,44)49-51(41,42)45-9-13-18(48-50(38,39)40)17(35)23(47-13)31-12-30-16-20(25)28-11-29-21(16)31;;;/h11-13,17-19,23,32,35-36H,3-10H2,1-2H3,(H,26,33)(H,27,37)(H,41,42)(H,43,44)(H2,25,28,29)(H2,38,39,40);3*1H/t13-,17-,18-,19+,23-;;;/m1.../s1. The van der Waals surface area contributed by atoms with Crippen LogP contribution < -0.4 is 16.4 Å². The van der Waals surface area contributed by atoms with Crippen molar-refractivity contribution in [3.8, 4) is 0 Å². The molecule has 0 saturated carbocycles. The molecule has 1 saturated heterocycles. The van der Waals surface area contributed by atoms with Crippen LogP contribution in [0.5, 0.6) is 0 Å². The summed E-state index contributed by atoms with van der Waals surface area (Å²) in [5.41, 5.74) is 4.23. The number of amides is 2. The van der Waals surface area contributed by atoms with Crippen LogP contribution >= 0.6 is 86.2 Å². The first kappa shape index (κ1) is 55.0. The Kier molecular flexibility index (Phi) is 23.2. The maximum atomic E-state index is 12.6. The number of phosphoric acid groups is 3. The summed E-state index contributed by atoms with van der Waals surface area (Å²) in [4.78, 5) is 86.5. The van der Waals surface area contributed by atoms with E-state index >= 15 is 0 Å². The number of thioether (sulfide) groups is 1. The van der Waals surface area contributed by atoms with Crippen LogP contribution in [0.3, 0.4) is 0 Å². The number of carbonyl (C=O) groups is 3. The molecule has 0 bridgehead atoms. The smallest absolute Gasteiger partial charge is 0.396 e. The van der Waals surface area contributed by atoms with Crippen molar-refractivity contribution >= 4 is 120 Å². The van der Waals surface area contributed by atoms with Crippen LogP contribution in [0.2, 0.25) is 0 Å². The van der Waals surface area contributed by atoms with Gasteiger partial charge in [-0.2, -0.15) is 4.31 Å². The third-order valence-corrected chi connectivity index (χ3v) is 11.1. The molecule has 25 nitrogen and oxygen atoms in total. The predicted molar refractivity (Wildman–Crippen MR) is 210 cm³/mol. The zero-order chi connectivity index (χ0) is 39.8. The van der Waals surface area contributed by atoms with Crippen LogP contribution in [0.15, 0.2) is 12.7 Å². The van der Waals surface area contributed by atoms with Crippen LogP contribution in [0.25, 0.3) is 11.2 Å². The van der Waals surface area contributed by atoms with E-state index in [0.29, 0.717) is 0 Å². The van der Waals surface area contributed by atoms with Gasteiger partial charge >= 0.3 is 23.5 Å². The molecule has 3 rings (SSSR count). The summed E-state index contributed by atoms with van der Waals surface area (Å²) in [6.45, 7) is 0.0885. The SMILES string of the molecule is Br.Br.Br.CC(C)(COP(=O)(O)OP(=O)(O)OC[C@H]1O[C@@H](n2cnc3c(N)ncnc32)[C@H](O)[C@@H]1OP(=O)(O)O)[C@@H](O)C(=O)NCCC(=O)NCCSC(=O)CCO. The number of phosphoric ester groups is 3. The number of nitrogens with two attached hydrogens (primary N) is 1. The minimum atomic E-state index is -5.57. The van der Waals surface area contributed by atoms with E-state index in [4.69, 9.17) is 24.6 Å². The molecule has 0 spiro atoms. The number of halogens is 3. The molecular weight excluding hydrogens is 1040 g/mol. The lowest BCUT2D eigenvalue weighted by molar-refractivity contribution is -0.137. The lowest BCUT2D eigenvalue weighted by atomic mass is 9.87. The molecule has 324 valence electrons. The van der Waals surface area contributed by atoms with Crippen molar-refractivity contribution < 1.29 is 85.6 Å². The number of carbonyl (C=O) groups excluding carboxylic acids is 3. The summed E-state index contributed by atoms with van der Waals surface area (Å²) in [6.07, 6.45) is -6.99. The number of nitrogens with one attached hydrogen (secondary N) is 2. The monoisotopic (exact) mass is 1080 g/mol. The van der Waals surface area contributed by atoms with Crippen LogP contribution in [0.1, 0.15) is 32.9 Å². The second kappa shape index (κ2) is 23.7. The Morgan fingerprint density at radius 2 is 1.66 bits per heavy atom. The van der Waals surface area contributed by atoms with Crippen LogP contribution in [0, 0.1) is 5.41 Å². The maximum absolute atomic E-state index is 12.6. The van der Waals surface area contributed by atoms with E-state index in [1.807, 2.05) is 0 Å². The second-order valence-corrected chi connectivity index (χ2v) is 17.2. The minimum Gasteiger partial charge on any atom is -0.396 e. The van der Waals surface area contributed by atoms with Gasteiger partial charge in [-0.25, -0.2) is 28.6 Å². The van der Waals surface area contributed by atoms with Gasteiger partial charge in [0.2, 0.25) is 11.8 Å². The molecule has 1 aliphatic rings. The fraction of sp³-hybridized carbons (Fsp3) is 0.667. The number of hydrogen-bond donors (Lipinski definition) is 10. The number of nitrogen functional groups attached to an aromatic ring is 1. The van der Waals surface area contributed by atoms with Crippen molar-refractivity contribution in [2.45, 2.75) is 57.3 Å². The molecule has 3 heterocycles. The van der Waals surface area contributed by atoms with Gasteiger partial charge in [0.25, 0.3) is 0 Å². The van der Waals surface area contributed by atoms with Crippen molar-refractivity contribution in [1.82, 2.24) is 30.2 Å². The van der Waals surface area contributed by atoms with Gasteiger partial charge in [-0.15, -0.1) is 50.9 Å². The van der Waals surface area contributed by atoms with E-state index in [-0.39, 0.29) is 111 Å². The van der Waals surface area contributed by atoms with Gasteiger partial charge in [-0.05, 0) is 0 Å². The molecular formula is C24H43Br3N7O18P3S. The van der Waals surface area contributed by atoms with E-state index in [9.17, 15) is 57.9 Å². The Bertz CT molecular complexity index is 1760. The molecule has 2 aromatic rings. The first-order chi connectivity index (χ1) is 24.6. The van der Waals surface area contributed by atoms with E-state index in [0.717, 1.165) is 29.0 Å². The molecule has 0 radical (unpaired) electrons. The average Bonchev–Trinajstić information content (AvgIpc) is 3.61. The third-order valence-electron chi connectivity index (χ3n) is 7.08. The molecule has 2 amide bonds. The first-order valence-corrected chi connectivity index (χ1v) is 20.7. The molecule has 7 atom stereocenters. The highest BCUT2D eigenvalue weighted by Crippen LogP contribution is 2.61. The largest absolute Gasteiger partial charge is 0.481 e. The molecule has 1 aliphatic heterocycles. The third kappa shape index (κ3) is 16.9. The van der Waals surface area contributed by atoms with Crippen molar-refractivity contribution in [2.24, 2.45) is 5.41 Å². The van der Waals surface area contributed by atoms with Gasteiger partial charge in [-0.3, -0.25) is 32.5 Å². The summed E-state index contributed by atoms with van der Waals surface area (Å²) in [6, 6.07) is 0. The number of aliphatic hydroxyl groups excluding tert-OH is 3. The number of aliphatic hydroxyl groups is 3. The molecule has 2 aromatic heterocycles. The number of nitrogens with zero attached hydrogens (tertiary/aromatic N) is 4. The Balaban J connectivity index is 0.0000101. The Morgan fingerprint density at radius 3 is 2.29 bits per heavy atom. The number of hydrogen-bond acceptors (Lipinski definition) is 19. The number of ether oxygens (including phenoxy) is 1. The maximum Gasteiger partial charge on any atom is 0.481 e. The fourth-order valence-corrected chi connectivity index (χ4v) is 7.95. The van der Waals surface area contributed by atoms with Gasteiger partial charge in [0, 0.05) is 37.1 Å². The van der Waals surface area contributed by atoms with E-state index in [1.54, 1.807) is 0 Å². The molecule has 56 heavy (non-hydrogen) atoms. The summed E-state index contributed by atoms with van der Waals surface area (Å²) in [7, 11) is -16.4. The van der Waals surface area contributed by atoms with Gasteiger partial charge in [0.05, 0.1) is 26.1 Å². The second-order valence-electron chi connectivity index (χ2n) is 11.8. The van der Waals surface area contributed by atoms with Crippen molar-refractivity contribution in [3.05, 3.63) is 12.7 Å². The molecule has 0 aliphatic carbocycles. The number of fused-ring (bicyclic) bond motifs is 1. The zero-order valence-corrected chi connectivity index (χ0v) is 37.8. The summed E-state index contributed by atoms with van der Waals surface area (Å²) in [5.74, 6) is -1.24. The van der Waals surface area contributed by atoms with E-state index in [1.165, 1.54) is 13.8 Å². The highest BCUT2D eigenvalue weighted by Gasteiger charge is 2.50. The van der Waals surface area contributed by atoms with E-state index in [2.05, 4.69) is 34.4 Å². The van der Waals surface area contributed by atoms with Gasteiger partial charge in [0.15, 0.2) is 22.8 Å². The number of rotatable bonds is 21. The number of aromatic nitrogens is 4. The van der Waals surface area contributed by atoms with Crippen LogP contribution in [-0.4, -0.2) is 134 Å². The summed E-state index contributed by atoms with van der Waals surface area (Å²) < 4.78 is 61.9. The lowest BCUT2D eigenvalue weighted by Crippen LogP contribution is -2.46. The molecule has 2 unspecified atom stereocenters. The number of imidazole rings is 1. The Hall–Kier alpha value is -1.04. The molecule has 1 fully saturated rings. The van der Waals surface area contributed by atoms with Crippen molar-refractivity contribution in [1.29, 1.82) is 0 Å². The Morgan fingerprint density at radius 1 is 1.02 bits per heavy atom. The summed E-state index contributed by atoms with van der Waals surface area (Å²) in [5, 5.41) is 34.6. The number of anilines is 1. The van der Waals surface area contributed by atoms with Gasteiger partial charge in [0.1, 0.15) is 36.3 Å². The zero-order valence-electron chi connectivity index (χ0n) is 29.2. The fourth-order valence-electron chi connectivity index (χ4n) is 4.46. The summed E-state index contributed by atoms with van der Waals surface area (Å²) >= 11 is 0.935. The first-order valence-electron chi connectivity index (χ1n) is 15.2. The Labute approximate surface area is 353 Å². The van der Waals surface area contributed by atoms with Crippen LogP contribution in [-0.2, 0) is 50.7 Å². The molecule has 0 aromatic carbocycles. The predicted octanol–water partition coefficient (Wildman–Crippen LogP) is -0.219. The minimum absolute atomic E-state index is 0.